The minimum Gasteiger partial charge on any atom is -0.322 e. The lowest BCUT2D eigenvalue weighted by Crippen LogP contribution is -2.53. The van der Waals surface area contributed by atoms with Gasteiger partial charge in [-0.3, -0.25) is 4.79 Å². The third-order valence-electron chi connectivity index (χ3n) is 2.40. The molecule has 0 aromatic carbocycles. The van der Waals surface area contributed by atoms with Crippen molar-refractivity contribution in [3.05, 3.63) is 6.33 Å². The number of hydrogen-bond acceptors (Lipinski definition) is 6. The van der Waals surface area contributed by atoms with Crippen molar-refractivity contribution in [3.63, 3.8) is 0 Å². The van der Waals surface area contributed by atoms with Gasteiger partial charge in [-0.2, -0.15) is 5.26 Å². The van der Waals surface area contributed by atoms with Gasteiger partial charge in [-0.15, -0.1) is 5.10 Å². The van der Waals surface area contributed by atoms with Crippen molar-refractivity contribution in [3.8, 4) is 6.07 Å². The second-order valence-electron chi connectivity index (χ2n) is 3.44. The molecule has 8 heteroatoms. The van der Waals surface area contributed by atoms with Crippen LogP contribution in [0.3, 0.4) is 0 Å². The quantitative estimate of drug-likeness (QED) is 0.619. The maximum atomic E-state index is 11.9. The van der Waals surface area contributed by atoms with Crippen LogP contribution in [-0.4, -0.2) is 56.7 Å². The van der Waals surface area contributed by atoms with Crippen molar-refractivity contribution in [2.75, 3.05) is 19.6 Å². The van der Waals surface area contributed by atoms with E-state index in [2.05, 4.69) is 26.9 Å². The Balaban J connectivity index is 2.00. The van der Waals surface area contributed by atoms with Gasteiger partial charge in [0.25, 0.3) is 0 Å². The summed E-state index contributed by atoms with van der Waals surface area (Å²) in [6.45, 7) is 1.84. The molecule has 1 fully saturated rings. The molecule has 8 nitrogen and oxygen atoms in total. The number of hydrogen-bond donors (Lipinski definition) is 1. The molecule has 1 amide bonds. The highest BCUT2D eigenvalue weighted by atomic mass is 16.2. The minimum atomic E-state index is -0.405. The van der Waals surface area contributed by atoms with Crippen LogP contribution in [0.4, 0.5) is 0 Å². The lowest BCUT2D eigenvalue weighted by molar-refractivity contribution is -0.134. The summed E-state index contributed by atoms with van der Waals surface area (Å²) in [6, 6.07) is 1.69. The molecule has 0 saturated carbocycles. The number of piperazine rings is 1. The molecule has 2 rings (SSSR count). The van der Waals surface area contributed by atoms with Crippen LogP contribution >= 0.6 is 0 Å². The summed E-state index contributed by atoms with van der Waals surface area (Å²) in [6.07, 6.45) is 1.38. The van der Waals surface area contributed by atoms with Crippen molar-refractivity contribution in [1.82, 2.24) is 30.4 Å². The van der Waals surface area contributed by atoms with Crippen LogP contribution in [-0.2, 0) is 11.3 Å². The second-order valence-corrected chi connectivity index (χ2v) is 3.44. The van der Waals surface area contributed by atoms with E-state index in [1.165, 1.54) is 11.0 Å². The highest BCUT2D eigenvalue weighted by Gasteiger charge is 2.26. The van der Waals surface area contributed by atoms with Gasteiger partial charge < -0.3 is 10.2 Å². The van der Waals surface area contributed by atoms with Gasteiger partial charge >= 0.3 is 0 Å². The molecule has 1 aliphatic rings. The second kappa shape index (κ2) is 4.67. The Kier molecular flexibility index (Phi) is 3.07. The fraction of sp³-hybridized carbons (Fsp3) is 0.625. The summed E-state index contributed by atoms with van der Waals surface area (Å²) < 4.78 is 1.35. The van der Waals surface area contributed by atoms with Gasteiger partial charge in [0.15, 0.2) is 0 Å². The number of tetrazole rings is 1. The van der Waals surface area contributed by atoms with Gasteiger partial charge in [0.1, 0.15) is 18.9 Å². The molecule has 1 N–H and O–H groups in total. The summed E-state index contributed by atoms with van der Waals surface area (Å²) in [7, 11) is 0. The summed E-state index contributed by atoms with van der Waals surface area (Å²) in [5.41, 5.74) is 0. The molecule has 0 radical (unpaired) electrons. The molecule has 1 aromatic rings. The monoisotopic (exact) mass is 221 g/mol. The third kappa shape index (κ3) is 2.14. The summed E-state index contributed by atoms with van der Waals surface area (Å²) in [5, 5.41) is 22.5. The molecule has 1 aromatic heterocycles. The molecule has 1 unspecified atom stereocenters. The van der Waals surface area contributed by atoms with E-state index in [0.29, 0.717) is 19.6 Å². The van der Waals surface area contributed by atoms with Gasteiger partial charge in [-0.1, -0.05) is 0 Å². The van der Waals surface area contributed by atoms with E-state index >= 15 is 0 Å². The summed E-state index contributed by atoms with van der Waals surface area (Å²) in [4.78, 5) is 13.4. The van der Waals surface area contributed by atoms with Crippen molar-refractivity contribution in [1.29, 1.82) is 5.26 Å². The first-order valence-corrected chi connectivity index (χ1v) is 4.92. The molecule has 84 valence electrons. The molecule has 1 saturated heterocycles. The predicted molar refractivity (Wildman–Crippen MR) is 51.8 cm³/mol. The minimum absolute atomic E-state index is 0.0746. The van der Waals surface area contributed by atoms with E-state index in [1.54, 1.807) is 4.90 Å². The number of rotatable bonds is 2. The lowest BCUT2D eigenvalue weighted by atomic mass is 10.2. The lowest BCUT2D eigenvalue weighted by Gasteiger charge is -2.31. The molecule has 16 heavy (non-hydrogen) atoms. The van der Waals surface area contributed by atoms with Crippen molar-refractivity contribution in [2.24, 2.45) is 0 Å². The first kappa shape index (κ1) is 10.5. The van der Waals surface area contributed by atoms with Crippen molar-refractivity contribution >= 4 is 5.91 Å². The van der Waals surface area contributed by atoms with Crippen LogP contribution in [0.5, 0.6) is 0 Å². The Hall–Kier alpha value is -2.01. The summed E-state index contributed by atoms with van der Waals surface area (Å²) >= 11 is 0. The molecular weight excluding hydrogens is 210 g/mol. The number of nitrogens with zero attached hydrogens (tertiary/aromatic N) is 6. The highest BCUT2D eigenvalue weighted by Crippen LogP contribution is 2.03. The maximum Gasteiger partial charge on any atom is 0.245 e. The average molecular weight is 221 g/mol. The Morgan fingerprint density at radius 1 is 1.69 bits per heavy atom. The number of nitriles is 1. The Morgan fingerprint density at radius 2 is 2.56 bits per heavy atom. The molecule has 1 atom stereocenters. The number of carbonyl (C=O) groups is 1. The maximum absolute atomic E-state index is 11.9. The molecule has 0 spiro atoms. The van der Waals surface area contributed by atoms with E-state index in [1.807, 2.05) is 0 Å². The molecule has 1 aliphatic heterocycles. The van der Waals surface area contributed by atoms with Gasteiger partial charge in [-0.25, -0.2) is 4.68 Å². The first-order chi connectivity index (χ1) is 7.81. The molecular formula is C8H11N7O. The van der Waals surface area contributed by atoms with Crippen LogP contribution in [0.25, 0.3) is 0 Å². The zero-order valence-electron chi connectivity index (χ0n) is 8.57. The molecule has 2 heterocycles. The Morgan fingerprint density at radius 3 is 3.25 bits per heavy atom. The smallest absolute Gasteiger partial charge is 0.245 e. The van der Waals surface area contributed by atoms with E-state index in [9.17, 15) is 4.79 Å². The van der Waals surface area contributed by atoms with Crippen LogP contribution < -0.4 is 5.32 Å². The van der Waals surface area contributed by atoms with Crippen molar-refractivity contribution in [2.45, 2.75) is 12.6 Å². The van der Waals surface area contributed by atoms with Crippen LogP contribution in [0.2, 0.25) is 0 Å². The Labute approximate surface area is 91.8 Å². The SMILES string of the molecule is N#CC1CNCCN1C(=O)Cn1cnnn1. The summed E-state index contributed by atoms with van der Waals surface area (Å²) in [5.74, 6) is -0.139. The third-order valence-corrected chi connectivity index (χ3v) is 2.40. The van der Waals surface area contributed by atoms with Crippen LogP contribution in [0.15, 0.2) is 6.33 Å². The average Bonchev–Trinajstić information content (AvgIpc) is 2.81. The Bertz CT molecular complexity index is 395. The van der Waals surface area contributed by atoms with Crippen LogP contribution in [0.1, 0.15) is 0 Å². The van der Waals surface area contributed by atoms with E-state index in [4.69, 9.17) is 5.26 Å². The zero-order valence-corrected chi connectivity index (χ0v) is 8.57. The van der Waals surface area contributed by atoms with Gasteiger partial charge in [0.2, 0.25) is 5.91 Å². The molecule has 0 aliphatic carbocycles. The first-order valence-electron chi connectivity index (χ1n) is 4.92. The fourth-order valence-corrected chi connectivity index (χ4v) is 1.60. The van der Waals surface area contributed by atoms with Gasteiger partial charge in [-0.05, 0) is 10.4 Å². The largest absolute Gasteiger partial charge is 0.322 e. The molecule has 0 bridgehead atoms. The van der Waals surface area contributed by atoms with E-state index in [0.717, 1.165) is 0 Å². The fourth-order valence-electron chi connectivity index (χ4n) is 1.60. The standard InChI is InChI=1S/C8H11N7O/c9-3-7-4-10-1-2-15(7)8(16)5-14-6-11-12-13-14/h6-7,10H,1-2,4-5H2. The van der Waals surface area contributed by atoms with Gasteiger partial charge in [0, 0.05) is 19.6 Å². The van der Waals surface area contributed by atoms with Crippen LogP contribution in [0, 0.1) is 11.3 Å². The topological polar surface area (TPSA) is 99.7 Å². The zero-order chi connectivity index (χ0) is 11.4. The van der Waals surface area contributed by atoms with E-state index in [-0.39, 0.29) is 12.5 Å². The van der Waals surface area contributed by atoms with Crippen molar-refractivity contribution < 1.29 is 4.79 Å². The van der Waals surface area contributed by atoms with Gasteiger partial charge in [0.05, 0.1) is 6.07 Å². The van der Waals surface area contributed by atoms with E-state index < -0.39 is 6.04 Å². The highest BCUT2D eigenvalue weighted by molar-refractivity contribution is 5.76. The number of aromatic nitrogens is 4. The predicted octanol–water partition coefficient (Wildman–Crippen LogP) is -2.00. The number of carbonyl (C=O) groups excluding carboxylic acids is 1. The normalized spacial score (nSPS) is 20.4. The number of nitrogens with one attached hydrogen (secondary N) is 1. The number of amides is 1.